The predicted molar refractivity (Wildman–Crippen MR) is 137 cm³/mol. The second-order valence-corrected chi connectivity index (χ2v) is 9.19. The molecule has 0 radical (unpaired) electrons. The molecule has 0 spiro atoms. The SMILES string of the molecule is CCC(C)C(NC(=O)C(N)Cc1cnc[nH]1)C(=O)NC(Cc1ccc(O)cc1)C(=O)NC(CC(=O)O)C(=O)O. The molecule has 0 saturated carbocycles. The maximum atomic E-state index is 13.4. The Kier molecular flexibility index (Phi) is 11.4. The summed E-state index contributed by atoms with van der Waals surface area (Å²) in [6, 6.07) is 0.624. The minimum Gasteiger partial charge on any atom is -0.508 e. The van der Waals surface area contributed by atoms with E-state index in [-0.39, 0.29) is 24.5 Å². The number of carbonyl (C=O) groups excluding carboxylic acids is 3. The van der Waals surface area contributed by atoms with Gasteiger partial charge in [0.2, 0.25) is 17.7 Å². The standard InChI is InChI=1S/C25H34N6O8/c1-3-13(2)21(31-22(35)17(26)9-15-11-27-12-28-15)24(37)29-18(8-14-4-6-16(32)7-5-14)23(36)30-19(25(38)39)10-20(33)34/h4-7,11-13,17-19,21,32H,3,8-10,26H2,1-2H3,(H,27,28)(H,29,37)(H,30,36)(H,31,35)(H,33,34)(H,38,39). The van der Waals surface area contributed by atoms with E-state index in [1.54, 1.807) is 6.92 Å². The Labute approximate surface area is 224 Å². The first-order valence-corrected chi connectivity index (χ1v) is 12.3. The molecule has 5 atom stereocenters. The molecule has 0 aliphatic carbocycles. The van der Waals surface area contributed by atoms with Crippen LogP contribution in [0.1, 0.15) is 37.9 Å². The zero-order valence-corrected chi connectivity index (χ0v) is 21.6. The van der Waals surface area contributed by atoms with Gasteiger partial charge in [0.05, 0.1) is 18.8 Å². The van der Waals surface area contributed by atoms with Crippen LogP contribution in [0, 0.1) is 5.92 Å². The van der Waals surface area contributed by atoms with Gasteiger partial charge in [-0.3, -0.25) is 19.2 Å². The van der Waals surface area contributed by atoms with Crippen molar-refractivity contribution in [2.75, 3.05) is 0 Å². The first-order chi connectivity index (χ1) is 18.4. The van der Waals surface area contributed by atoms with Gasteiger partial charge in [0, 0.05) is 24.7 Å². The number of benzene rings is 1. The number of imidazole rings is 1. The summed E-state index contributed by atoms with van der Waals surface area (Å²) in [6.45, 7) is 3.54. The lowest BCUT2D eigenvalue weighted by atomic mass is 9.96. The highest BCUT2D eigenvalue weighted by atomic mass is 16.4. The molecule has 1 aromatic heterocycles. The number of hydrogen-bond acceptors (Lipinski definition) is 8. The van der Waals surface area contributed by atoms with Crippen LogP contribution in [0.2, 0.25) is 0 Å². The van der Waals surface area contributed by atoms with Crippen molar-refractivity contribution in [3.8, 4) is 5.75 Å². The Morgan fingerprint density at radius 1 is 0.949 bits per heavy atom. The highest BCUT2D eigenvalue weighted by Gasteiger charge is 2.33. The van der Waals surface area contributed by atoms with Crippen molar-refractivity contribution in [2.45, 2.75) is 63.7 Å². The number of carbonyl (C=O) groups is 5. The number of phenolic OH excluding ortho intramolecular Hbond substituents is 1. The number of nitrogens with one attached hydrogen (secondary N) is 4. The van der Waals surface area contributed by atoms with Gasteiger partial charge in [-0.25, -0.2) is 9.78 Å². The number of amides is 3. The van der Waals surface area contributed by atoms with Gasteiger partial charge >= 0.3 is 11.9 Å². The Hall–Kier alpha value is -4.46. The number of rotatable bonds is 15. The van der Waals surface area contributed by atoms with Crippen molar-refractivity contribution in [1.82, 2.24) is 25.9 Å². The van der Waals surface area contributed by atoms with E-state index >= 15 is 0 Å². The third-order valence-electron chi connectivity index (χ3n) is 6.13. The molecular weight excluding hydrogens is 512 g/mol. The topological polar surface area (TPSA) is 237 Å². The van der Waals surface area contributed by atoms with Gasteiger partial charge < -0.3 is 42.0 Å². The van der Waals surface area contributed by atoms with E-state index in [2.05, 4.69) is 25.9 Å². The number of aliphatic carboxylic acids is 2. The molecule has 2 rings (SSSR count). The van der Waals surface area contributed by atoms with Crippen LogP contribution in [0.3, 0.4) is 0 Å². The summed E-state index contributed by atoms with van der Waals surface area (Å²) in [5, 5.41) is 35.2. The normalized spacial score (nSPS) is 14.7. The highest BCUT2D eigenvalue weighted by Crippen LogP contribution is 2.14. The number of aromatic hydroxyl groups is 1. The molecule has 0 bridgehead atoms. The molecule has 14 heteroatoms. The molecule has 0 fully saturated rings. The maximum absolute atomic E-state index is 13.4. The first kappa shape index (κ1) is 30.8. The molecule has 5 unspecified atom stereocenters. The first-order valence-electron chi connectivity index (χ1n) is 12.3. The van der Waals surface area contributed by atoms with E-state index in [0.717, 1.165) is 0 Å². The second-order valence-electron chi connectivity index (χ2n) is 9.19. The predicted octanol–water partition coefficient (Wildman–Crippen LogP) is -0.712. The monoisotopic (exact) mass is 546 g/mol. The number of hydrogen-bond donors (Lipinski definition) is 8. The second kappa shape index (κ2) is 14.5. The molecule has 39 heavy (non-hydrogen) atoms. The third-order valence-corrected chi connectivity index (χ3v) is 6.13. The highest BCUT2D eigenvalue weighted by molar-refractivity contribution is 5.95. The number of aromatic amines is 1. The molecule has 1 aromatic carbocycles. The van der Waals surface area contributed by atoms with Gasteiger partial charge in [0.15, 0.2) is 0 Å². The van der Waals surface area contributed by atoms with Gasteiger partial charge in [-0.2, -0.15) is 0 Å². The Morgan fingerprint density at radius 2 is 1.59 bits per heavy atom. The average Bonchev–Trinajstić information content (AvgIpc) is 3.39. The Morgan fingerprint density at radius 3 is 2.13 bits per heavy atom. The Balaban J connectivity index is 2.24. The minimum atomic E-state index is -1.74. The van der Waals surface area contributed by atoms with Gasteiger partial charge in [0.1, 0.15) is 23.9 Å². The number of carboxylic acid groups (broad SMARTS) is 2. The number of nitrogens with two attached hydrogens (primary N) is 1. The van der Waals surface area contributed by atoms with Crippen molar-refractivity contribution >= 4 is 29.7 Å². The summed E-state index contributed by atoms with van der Waals surface area (Å²) < 4.78 is 0. The van der Waals surface area contributed by atoms with Gasteiger partial charge in [-0.05, 0) is 23.6 Å². The maximum Gasteiger partial charge on any atom is 0.326 e. The van der Waals surface area contributed by atoms with Crippen molar-refractivity contribution < 1.29 is 39.3 Å². The lowest BCUT2D eigenvalue weighted by molar-refractivity contribution is -0.147. The summed E-state index contributed by atoms with van der Waals surface area (Å²) in [5.41, 5.74) is 7.15. The molecule has 2 aromatic rings. The fraction of sp³-hybridized carbons (Fsp3) is 0.440. The van der Waals surface area contributed by atoms with Crippen LogP contribution in [0.4, 0.5) is 0 Å². The summed E-state index contributed by atoms with van der Waals surface area (Å²) in [5.74, 6) is -5.64. The molecule has 3 amide bonds. The van der Waals surface area contributed by atoms with Crippen LogP contribution >= 0.6 is 0 Å². The summed E-state index contributed by atoms with van der Waals surface area (Å²) in [6.07, 6.45) is 2.61. The van der Waals surface area contributed by atoms with Gasteiger partial charge in [-0.1, -0.05) is 32.4 Å². The smallest absolute Gasteiger partial charge is 0.326 e. The van der Waals surface area contributed by atoms with Crippen molar-refractivity contribution in [1.29, 1.82) is 0 Å². The van der Waals surface area contributed by atoms with E-state index in [1.165, 1.54) is 36.8 Å². The number of nitrogens with zero attached hydrogens (tertiary/aromatic N) is 1. The third kappa shape index (κ3) is 9.74. The summed E-state index contributed by atoms with van der Waals surface area (Å²) >= 11 is 0. The van der Waals surface area contributed by atoms with Gasteiger partial charge in [0.25, 0.3) is 0 Å². The Bertz CT molecular complexity index is 1140. The number of phenols is 1. The molecule has 1 heterocycles. The molecule has 0 saturated heterocycles. The molecule has 9 N–H and O–H groups in total. The zero-order valence-electron chi connectivity index (χ0n) is 21.6. The molecular formula is C25H34N6O8. The van der Waals surface area contributed by atoms with Crippen LogP contribution in [0.25, 0.3) is 0 Å². The lowest BCUT2D eigenvalue weighted by Gasteiger charge is -2.28. The molecule has 0 aliphatic heterocycles. The number of carboxylic acids is 2. The van der Waals surface area contributed by atoms with Gasteiger partial charge in [-0.15, -0.1) is 0 Å². The largest absolute Gasteiger partial charge is 0.508 e. The van der Waals surface area contributed by atoms with E-state index in [9.17, 15) is 34.2 Å². The quantitative estimate of drug-likeness (QED) is 0.140. The van der Waals surface area contributed by atoms with Crippen molar-refractivity contribution in [2.24, 2.45) is 11.7 Å². The van der Waals surface area contributed by atoms with Crippen LogP contribution in [-0.2, 0) is 36.8 Å². The van der Waals surface area contributed by atoms with E-state index in [4.69, 9.17) is 10.8 Å². The number of H-pyrrole nitrogens is 1. The molecule has 0 aliphatic rings. The average molecular weight is 547 g/mol. The zero-order chi connectivity index (χ0) is 29.1. The summed E-state index contributed by atoms with van der Waals surface area (Å²) in [7, 11) is 0. The van der Waals surface area contributed by atoms with Crippen molar-refractivity contribution in [3.05, 3.63) is 48.0 Å². The summed E-state index contributed by atoms with van der Waals surface area (Å²) in [4.78, 5) is 68.5. The van der Waals surface area contributed by atoms with Crippen LogP contribution < -0.4 is 21.7 Å². The number of aromatic nitrogens is 2. The van der Waals surface area contributed by atoms with Crippen LogP contribution in [0.15, 0.2) is 36.8 Å². The van der Waals surface area contributed by atoms with Crippen LogP contribution in [-0.4, -0.2) is 79.1 Å². The fourth-order valence-electron chi connectivity index (χ4n) is 3.67. The van der Waals surface area contributed by atoms with Crippen LogP contribution in [0.5, 0.6) is 5.75 Å². The van der Waals surface area contributed by atoms with Crippen molar-refractivity contribution in [3.63, 3.8) is 0 Å². The molecule has 212 valence electrons. The van der Waals surface area contributed by atoms with E-state index in [1.807, 2.05) is 6.92 Å². The lowest BCUT2D eigenvalue weighted by Crippen LogP contribution is -2.59. The molecule has 14 nitrogen and oxygen atoms in total. The van der Waals surface area contributed by atoms with E-state index in [0.29, 0.717) is 17.7 Å². The fourth-order valence-corrected chi connectivity index (χ4v) is 3.67. The minimum absolute atomic E-state index is 0.0257. The van der Waals surface area contributed by atoms with E-state index < -0.39 is 60.2 Å².